The van der Waals surface area contributed by atoms with Crippen molar-refractivity contribution in [3.63, 3.8) is 0 Å². The Morgan fingerprint density at radius 3 is 2.46 bits per heavy atom. The van der Waals surface area contributed by atoms with Gasteiger partial charge in [-0.05, 0) is 43.0 Å². The largest absolute Gasteiger partial charge is 0.391 e. The van der Waals surface area contributed by atoms with Crippen LogP contribution >= 0.6 is 0 Å². The molecule has 0 bridgehead atoms. The highest BCUT2D eigenvalue weighted by molar-refractivity contribution is 7.92. The van der Waals surface area contributed by atoms with Gasteiger partial charge >= 0.3 is 0 Å². The molecule has 2 aromatic rings. The molecule has 1 aliphatic rings. The number of aliphatic hydroxyl groups excluding tert-OH is 1. The van der Waals surface area contributed by atoms with Crippen LogP contribution in [0.25, 0.3) is 0 Å². The second-order valence-electron chi connectivity index (χ2n) is 6.90. The maximum Gasteiger partial charge on any atom is 0.293 e. The van der Waals surface area contributed by atoms with Crippen molar-refractivity contribution in [3.05, 3.63) is 58.6 Å². The molecule has 0 heterocycles. The van der Waals surface area contributed by atoms with E-state index >= 15 is 0 Å². The molecule has 3 rings (SSSR count). The van der Waals surface area contributed by atoms with Crippen LogP contribution in [0.5, 0.6) is 0 Å². The van der Waals surface area contributed by atoms with E-state index in [0.29, 0.717) is 5.69 Å². The van der Waals surface area contributed by atoms with Crippen molar-refractivity contribution in [1.29, 1.82) is 0 Å². The Morgan fingerprint density at radius 1 is 1.14 bits per heavy atom. The SMILES string of the molecule is O=[N+]([O-])c1cc(S(=O)(=O)Nc2ccccc2)ccc1NCC(O)C1CCCC1. The summed E-state index contributed by atoms with van der Waals surface area (Å²) in [6.45, 7) is 0.180. The molecule has 0 amide bonds. The fraction of sp³-hybridized carbons (Fsp3) is 0.368. The number of nitro groups is 1. The van der Waals surface area contributed by atoms with Gasteiger partial charge < -0.3 is 10.4 Å². The van der Waals surface area contributed by atoms with Crippen molar-refractivity contribution in [2.24, 2.45) is 5.92 Å². The molecule has 28 heavy (non-hydrogen) atoms. The zero-order valence-electron chi connectivity index (χ0n) is 15.2. The summed E-state index contributed by atoms with van der Waals surface area (Å²) in [5.74, 6) is 0.196. The molecule has 1 atom stereocenters. The Labute approximate surface area is 163 Å². The number of nitrogens with zero attached hydrogens (tertiary/aromatic N) is 1. The van der Waals surface area contributed by atoms with Gasteiger partial charge in [-0.3, -0.25) is 14.8 Å². The van der Waals surface area contributed by atoms with Crippen molar-refractivity contribution >= 4 is 27.1 Å². The normalized spacial score (nSPS) is 15.9. The first kappa shape index (κ1) is 20.1. The molecular formula is C19H23N3O5S. The lowest BCUT2D eigenvalue weighted by Crippen LogP contribution is -2.27. The highest BCUT2D eigenvalue weighted by Gasteiger charge is 2.25. The van der Waals surface area contributed by atoms with Crippen LogP contribution in [0.3, 0.4) is 0 Å². The van der Waals surface area contributed by atoms with Crippen molar-refractivity contribution in [2.75, 3.05) is 16.6 Å². The summed E-state index contributed by atoms with van der Waals surface area (Å²) in [6, 6.07) is 12.0. The summed E-state index contributed by atoms with van der Waals surface area (Å²) < 4.78 is 27.5. The minimum absolute atomic E-state index is 0.180. The van der Waals surface area contributed by atoms with E-state index in [4.69, 9.17) is 0 Å². The predicted octanol–water partition coefficient (Wildman–Crippen LogP) is 3.36. The first-order valence-electron chi connectivity index (χ1n) is 9.15. The number of aliphatic hydroxyl groups is 1. The van der Waals surface area contributed by atoms with Gasteiger partial charge in [0, 0.05) is 18.3 Å². The van der Waals surface area contributed by atoms with Crippen LogP contribution in [0, 0.1) is 16.0 Å². The number of nitrogens with one attached hydrogen (secondary N) is 2. The minimum atomic E-state index is -3.96. The standard InChI is InChI=1S/C19H23N3O5S/c23-19(14-6-4-5-7-14)13-20-17-11-10-16(12-18(17)22(24)25)28(26,27)21-15-8-2-1-3-9-15/h1-3,8-12,14,19-21,23H,4-7,13H2. The molecule has 2 aromatic carbocycles. The third-order valence-electron chi connectivity index (χ3n) is 4.95. The molecule has 0 aromatic heterocycles. The molecule has 0 saturated heterocycles. The Kier molecular flexibility index (Phi) is 6.15. The number of rotatable bonds is 8. The van der Waals surface area contributed by atoms with Crippen molar-refractivity contribution in [1.82, 2.24) is 0 Å². The monoisotopic (exact) mass is 405 g/mol. The first-order chi connectivity index (χ1) is 13.4. The number of benzene rings is 2. The number of nitro benzene ring substituents is 1. The van der Waals surface area contributed by atoms with E-state index in [2.05, 4.69) is 10.0 Å². The third-order valence-corrected chi connectivity index (χ3v) is 6.33. The average Bonchev–Trinajstić information content (AvgIpc) is 3.21. The van der Waals surface area contributed by atoms with Crippen molar-refractivity contribution < 1.29 is 18.4 Å². The molecule has 1 aliphatic carbocycles. The van der Waals surface area contributed by atoms with E-state index in [1.807, 2.05) is 0 Å². The van der Waals surface area contributed by atoms with Gasteiger partial charge in [0.25, 0.3) is 15.7 Å². The zero-order valence-corrected chi connectivity index (χ0v) is 16.1. The molecule has 3 N–H and O–H groups in total. The van der Waals surface area contributed by atoms with Gasteiger partial charge in [-0.2, -0.15) is 0 Å². The van der Waals surface area contributed by atoms with Crippen LogP contribution in [0.15, 0.2) is 53.4 Å². The van der Waals surface area contributed by atoms with Gasteiger partial charge in [0.05, 0.1) is 15.9 Å². The van der Waals surface area contributed by atoms with E-state index in [1.54, 1.807) is 30.3 Å². The molecule has 1 unspecified atom stereocenters. The van der Waals surface area contributed by atoms with Crippen LogP contribution in [0.2, 0.25) is 0 Å². The Hall–Kier alpha value is -2.65. The number of hydrogen-bond acceptors (Lipinski definition) is 6. The van der Waals surface area contributed by atoms with Gasteiger partial charge in [-0.15, -0.1) is 0 Å². The van der Waals surface area contributed by atoms with Crippen LogP contribution in [0.4, 0.5) is 17.1 Å². The van der Waals surface area contributed by atoms with Crippen molar-refractivity contribution in [2.45, 2.75) is 36.7 Å². The summed E-state index contributed by atoms with van der Waals surface area (Å²) in [5.41, 5.74) is 0.197. The molecule has 0 spiro atoms. The Balaban J connectivity index is 1.77. The lowest BCUT2D eigenvalue weighted by Gasteiger charge is -2.19. The van der Waals surface area contributed by atoms with E-state index in [-0.39, 0.29) is 28.7 Å². The second kappa shape index (κ2) is 8.57. The highest BCUT2D eigenvalue weighted by Crippen LogP contribution is 2.31. The second-order valence-corrected chi connectivity index (χ2v) is 8.58. The maximum atomic E-state index is 12.5. The molecule has 9 heteroatoms. The van der Waals surface area contributed by atoms with E-state index in [1.165, 1.54) is 12.1 Å². The van der Waals surface area contributed by atoms with Gasteiger partial charge in [0.15, 0.2) is 0 Å². The summed E-state index contributed by atoms with van der Waals surface area (Å²) in [4.78, 5) is 10.6. The molecule has 8 nitrogen and oxygen atoms in total. The number of sulfonamides is 1. The zero-order chi connectivity index (χ0) is 20.1. The summed E-state index contributed by atoms with van der Waals surface area (Å²) in [6.07, 6.45) is 3.48. The van der Waals surface area contributed by atoms with Gasteiger partial charge in [-0.1, -0.05) is 31.0 Å². The minimum Gasteiger partial charge on any atom is -0.391 e. The number of anilines is 2. The third kappa shape index (κ3) is 4.79. The fourth-order valence-electron chi connectivity index (χ4n) is 3.42. The Bertz CT molecular complexity index is 928. The molecule has 0 aliphatic heterocycles. The smallest absolute Gasteiger partial charge is 0.293 e. The highest BCUT2D eigenvalue weighted by atomic mass is 32.2. The Morgan fingerprint density at radius 2 is 1.82 bits per heavy atom. The molecular weight excluding hydrogens is 382 g/mol. The summed E-state index contributed by atoms with van der Waals surface area (Å²) in [5, 5.41) is 24.6. The maximum absolute atomic E-state index is 12.5. The lowest BCUT2D eigenvalue weighted by molar-refractivity contribution is -0.384. The van der Waals surface area contributed by atoms with Crippen LogP contribution in [0.1, 0.15) is 25.7 Å². The van der Waals surface area contributed by atoms with Crippen molar-refractivity contribution in [3.8, 4) is 0 Å². The lowest BCUT2D eigenvalue weighted by atomic mass is 10.0. The molecule has 1 saturated carbocycles. The molecule has 0 radical (unpaired) electrons. The van der Waals surface area contributed by atoms with Crippen LogP contribution in [-0.2, 0) is 10.0 Å². The van der Waals surface area contributed by atoms with E-state index in [9.17, 15) is 23.6 Å². The topological polar surface area (TPSA) is 122 Å². The predicted molar refractivity (Wildman–Crippen MR) is 107 cm³/mol. The van der Waals surface area contributed by atoms with E-state index < -0.39 is 21.1 Å². The summed E-state index contributed by atoms with van der Waals surface area (Å²) in [7, 11) is -3.96. The van der Waals surface area contributed by atoms with Gasteiger partial charge in [0.1, 0.15) is 5.69 Å². The fourth-order valence-corrected chi connectivity index (χ4v) is 4.50. The number of para-hydroxylation sites is 1. The molecule has 150 valence electrons. The average molecular weight is 405 g/mol. The van der Waals surface area contributed by atoms with E-state index in [0.717, 1.165) is 31.7 Å². The van der Waals surface area contributed by atoms with Crippen LogP contribution < -0.4 is 10.0 Å². The number of hydrogen-bond donors (Lipinski definition) is 3. The summed E-state index contributed by atoms with van der Waals surface area (Å²) >= 11 is 0. The molecule has 1 fully saturated rings. The van der Waals surface area contributed by atoms with Crippen LogP contribution in [-0.4, -0.2) is 31.1 Å². The van der Waals surface area contributed by atoms with Gasteiger partial charge in [0.2, 0.25) is 0 Å². The first-order valence-corrected chi connectivity index (χ1v) is 10.6. The quantitative estimate of drug-likeness (QED) is 0.457. The van der Waals surface area contributed by atoms with Gasteiger partial charge in [-0.25, -0.2) is 8.42 Å².